The number of aromatic nitrogens is 6. The summed E-state index contributed by atoms with van der Waals surface area (Å²) in [5.74, 6) is -1.04. The number of halogens is 6. The molecule has 0 saturated carbocycles. The molecule has 1 aliphatic carbocycles. The van der Waals surface area contributed by atoms with E-state index < -0.39 is 23.6 Å². The largest absolute Gasteiger partial charge is 0.358 e. The van der Waals surface area contributed by atoms with E-state index in [1.807, 2.05) is 27.7 Å². The van der Waals surface area contributed by atoms with Gasteiger partial charge in [-0.15, -0.1) is 12.1 Å². The minimum absolute atomic E-state index is 0. The molecule has 1 radical (unpaired) electrons. The second kappa shape index (κ2) is 16.4. The Balaban J connectivity index is 0.000000708. The van der Waals surface area contributed by atoms with E-state index in [-0.39, 0.29) is 46.1 Å². The van der Waals surface area contributed by atoms with Crippen LogP contribution in [-0.4, -0.2) is 24.5 Å². The van der Waals surface area contributed by atoms with E-state index in [2.05, 4.69) is 65.9 Å². The van der Waals surface area contributed by atoms with Crippen molar-refractivity contribution >= 4 is 37.4 Å². The smallest absolute Gasteiger partial charge is 0.330 e. The van der Waals surface area contributed by atoms with Crippen LogP contribution < -0.4 is 9.72 Å². The summed E-state index contributed by atoms with van der Waals surface area (Å²) in [6.07, 6.45) is 3.86. The summed E-state index contributed by atoms with van der Waals surface area (Å²) in [4.78, 5) is 4.10. The number of nitrogens with zero attached hydrogens (tertiary/aromatic N) is 6. The van der Waals surface area contributed by atoms with Gasteiger partial charge in [-0.25, -0.2) is 6.08 Å². The Bertz CT molecular complexity index is 1450. The maximum atomic E-state index is 13.9. The first kappa shape index (κ1) is 37.9. The van der Waals surface area contributed by atoms with E-state index >= 15 is 0 Å². The number of benzene rings is 1. The first-order valence-electron chi connectivity index (χ1n) is 11.2. The fourth-order valence-corrected chi connectivity index (χ4v) is 4.09. The van der Waals surface area contributed by atoms with Crippen LogP contribution >= 0.6 is 31.9 Å². The van der Waals surface area contributed by atoms with E-state index in [0.717, 1.165) is 24.3 Å². The van der Waals surface area contributed by atoms with Crippen LogP contribution in [0.15, 0.2) is 39.6 Å². The monoisotopic (exact) mass is 865 g/mol. The van der Waals surface area contributed by atoms with Crippen LogP contribution in [0.2, 0.25) is 0 Å². The van der Waals surface area contributed by atoms with Crippen molar-refractivity contribution in [3.63, 3.8) is 0 Å². The fraction of sp³-hybridized carbons (Fsp3) is 0.296. The Labute approximate surface area is 263 Å². The first-order chi connectivity index (χ1) is 17.4. The van der Waals surface area contributed by atoms with E-state index in [9.17, 15) is 17.6 Å². The molecule has 2 aromatic heterocycles. The summed E-state index contributed by atoms with van der Waals surface area (Å²) >= 11 is 6.41. The molecule has 1 aromatic carbocycles. The summed E-state index contributed by atoms with van der Waals surface area (Å²) < 4.78 is 58.9. The van der Waals surface area contributed by atoms with Crippen LogP contribution in [0.25, 0.3) is 17.0 Å². The average Bonchev–Trinajstić information content (AvgIpc) is 3.26. The number of hydrogen-bond acceptors (Lipinski definition) is 3. The fourth-order valence-electron chi connectivity index (χ4n) is 3.37. The van der Waals surface area contributed by atoms with Crippen molar-refractivity contribution < 1.29 is 41.9 Å². The Morgan fingerprint density at radius 3 is 2.20 bits per heavy atom. The van der Waals surface area contributed by atoms with Gasteiger partial charge in [0, 0.05) is 66.0 Å². The van der Waals surface area contributed by atoms with E-state index in [1.54, 1.807) is 9.36 Å². The molecule has 0 amide bonds. The van der Waals surface area contributed by atoms with Crippen LogP contribution in [0.1, 0.15) is 27.7 Å². The first-order valence-corrected chi connectivity index (χ1v) is 12.8. The predicted octanol–water partition coefficient (Wildman–Crippen LogP) is 6.45. The van der Waals surface area contributed by atoms with Crippen molar-refractivity contribution in [2.75, 3.05) is 0 Å². The second-order valence-corrected chi connectivity index (χ2v) is 10.4. The Hall–Kier alpha value is -2.08. The summed E-state index contributed by atoms with van der Waals surface area (Å²) in [6, 6.07) is 4.45. The van der Waals surface area contributed by atoms with Gasteiger partial charge in [0.1, 0.15) is 5.48 Å². The van der Waals surface area contributed by atoms with Crippen LogP contribution in [0.5, 0.6) is 0 Å². The molecule has 13 heteroatoms. The summed E-state index contributed by atoms with van der Waals surface area (Å²) in [5, 5.41) is 8.38. The van der Waals surface area contributed by atoms with Gasteiger partial charge in [0.05, 0.1) is 12.4 Å². The molecule has 0 fully saturated rings. The molecule has 0 bridgehead atoms. The van der Waals surface area contributed by atoms with E-state index in [0.29, 0.717) is 45.7 Å². The molecule has 0 N–H and O–H groups in total. The Kier molecular flexibility index (Phi) is 15.5. The van der Waals surface area contributed by atoms with Crippen molar-refractivity contribution in [1.82, 2.24) is 24.5 Å². The maximum absolute atomic E-state index is 13.9. The van der Waals surface area contributed by atoms with Crippen molar-refractivity contribution in [2.24, 2.45) is 11.8 Å². The number of rotatable bonds is 5. The van der Waals surface area contributed by atoms with Crippen molar-refractivity contribution in [2.45, 2.75) is 40.8 Å². The minimum Gasteiger partial charge on any atom is -0.358 e. The Morgan fingerprint density at radius 1 is 1.05 bits per heavy atom. The summed E-state index contributed by atoms with van der Waals surface area (Å²) in [7, 11) is 0. The normalized spacial score (nSPS) is 13.7. The summed E-state index contributed by atoms with van der Waals surface area (Å²) in [5.41, 5.74) is 0.712. The van der Waals surface area contributed by atoms with Crippen molar-refractivity contribution in [3.8, 4) is 11.4 Å². The van der Waals surface area contributed by atoms with Gasteiger partial charge in [-0.2, -0.15) is 21.4 Å². The van der Waals surface area contributed by atoms with Crippen LogP contribution in [0.4, 0.5) is 17.6 Å². The van der Waals surface area contributed by atoms with Crippen LogP contribution in [-0.2, 0) is 33.2 Å². The van der Waals surface area contributed by atoms with Gasteiger partial charge < -0.3 is 23.6 Å². The molecule has 1 aliphatic rings. The predicted molar refractivity (Wildman–Crippen MR) is 150 cm³/mol. The van der Waals surface area contributed by atoms with Gasteiger partial charge in [-0.1, -0.05) is 45.2 Å². The average molecular weight is 867 g/mol. The Morgan fingerprint density at radius 2 is 1.65 bits per heavy atom. The molecule has 4 rings (SSSR count). The van der Waals surface area contributed by atoms with Crippen LogP contribution in [0.3, 0.4) is 0 Å². The quantitative estimate of drug-likeness (QED) is 0.169. The SMILES string of the molecule is C=[n+]1c(Br)nn(CC(C)C)/c1=C1/[C-]=C[C-](F)C=C1F.CC(C)Cn1nc(Br)nc1-c1[c-]cc(F)cc1F.[CH3-].[CH3-].[Ir]. The zero-order chi connectivity index (χ0) is 27.4. The van der Waals surface area contributed by atoms with Gasteiger partial charge in [0.25, 0.3) is 0 Å². The molecule has 0 unspecified atom stereocenters. The third kappa shape index (κ3) is 9.49. The molecule has 0 spiro atoms. The van der Waals surface area contributed by atoms with Crippen molar-refractivity contribution in [1.29, 1.82) is 0 Å². The zero-order valence-corrected chi connectivity index (χ0v) is 28.4. The van der Waals surface area contributed by atoms with Crippen LogP contribution in [0, 0.1) is 63.4 Å². The molecule has 2 heterocycles. The van der Waals surface area contributed by atoms with Crippen molar-refractivity contribution in [3.05, 3.63) is 96.6 Å². The maximum Gasteiger partial charge on any atom is 0.330 e. The molecule has 0 atom stereocenters. The van der Waals surface area contributed by atoms with Gasteiger partial charge in [0.2, 0.25) is 4.73 Å². The molecule has 0 saturated heterocycles. The van der Waals surface area contributed by atoms with E-state index in [1.165, 1.54) is 4.24 Å². The van der Waals surface area contributed by atoms with Gasteiger partial charge in [-0.3, -0.25) is 28.8 Å². The molecule has 223 valence electrons. The minimum atomic E-state index is -0.695. The number of hydrogen-bond donors (Lipinski definition) is 0. The number of allylic oxidation sites excluding steroid dienone is 4. The third-order valence-corrected chi connectivity index (χ3v) is 5.73. The van der Waals surface area contributed by atoms with Gasteiger partial charge in [0.15, 0.2) is 0 Å². The molecule has 0 aliphatic heterocycles. The topological polar surface area (TPSA) is 54.4 Å². The molecular formula is C27H30Br2F4IrN6-4. The van der Waals surface area contributed by atoms with Gasteiger partial charge in [-0.05, 0) is 33.9 Å². The standard InChI is InChI=1S/C13H13BrF2N3.C12H11BrF2N3.2CH3.Ir/c1-8(2)7-19-12(18(3)13(14)17-19)10-5-4-9(15)6-11(10)16;1-7(2)6-18-11(16-12(13)17-18)9-4-3-8(14)5-10(9)15;;;/h4,6,8H,3,7H2,1-2H3;3,5,7H,6H2,1-2H3;2*1H3;/q4*-1;/b12-10-;;;;. The molecule has 40 heavy (non-hydrogen) atoms. The van der Waals surface area contributed by atoms with E-state index in [4.69, 9.17) is 0 Å². The molecule has 3 aromatic rings. The summed E-state index contributed by atoms with van der Waals surface area (Å²) in [6.45, 7) is 13.1. The molecule has 6 nitrogen and oxygen atoms in total. The van der Waals surface area contributed by atoms with Gasteiger partial charge >= 0.3 is 4.73 Å². The second-order valence-electron chi connectivity index (χ2n) is 8.96. The molecular weight excluding hydrogens is 836 g/mol. The third-order valence-electron chi connectivity index (χ3n) is 4.81. The zero-order valence-electron chi connectivity index (χ0n) is 22.9.